The van der Waals surface area contributed by atoms with E-state index in [0.717, 1.165) is 24.3 Å². The number of ether oxygens (including phenoxy) is 1. The molecule has 1 aliphatic rings. The number of benzene rings is 1. The zero-order valence-electron chi connectivity index (χ0n) is 12.1. The lowest BCUT2D eigenvalue weighted by atomic mass is 10.0. The van der Waals surface area contributed by atoms with Crippen LogP contribution in [0.15, 0.2) is 42.6 Å². The average Bonchev–Trinajstić information content (AvgIpc) is 2.57. The average molecular weight is 300 g/mol. The van der Waals surface area contributed by atoms with Crippen molar-refractivity contribution in [1.82, 2.24) is 10.3 Å². The molecule has 1 aromatic carbocycles. The van der Waals surface area contributed by atoms with Crippen LogP contribution in [0.2, 0.25) is 0 Å². The molecule has 3 rings (SSSR count). The van der Waals surface area contributed by atoms with Gasteiger partial charge >= 0.3 is 0 Å². The van der Waals surface area contributed by atoms with E-state index in [-0.39, 0.29) is 24.1 Å². The summed E-state index contributed by atoms with van der Waals surface area (Å²) in [5.74, 6) is -0.395. The molecule has 1 N–H and O–H groups in total. The Kier molecular flexibility index (Phi) is 4.56. The van der Waals surface area contributed by atoms with Crippen molar-refractivity contribution in [3.8, 4) is 0 Å². The van der Waals surface area contributed by atoms with Gasteiger partial charge in [0.2, 0.25) is 0 Å². The molecule has 0 bridgehead atoms. The number of aromatic nitrogens is 1. The fourth-order valence-corrected chi connectivity index (χ4v) is 2.41. The third-order valence-electron chi connectivity index (χ3n) is 3.64. The second kappa shape index (κ2) is 6.77. The summed E-state index contributed by atoms with van der Waals surface area (Å²) in [7, 11) is 0. The van der Waals surface area contributed by atoms with Crippen molar-refractivity contribution in [2.24, 2.45) is 0 Å². The van der Waals surface area contributed by atoms with Gasteiger partial charge in [0.15, 0.2) is 5.78 Å². The van der Waals surface area contributed by atoms with Crippen molar-refractivity contribution in [2.45, 2.75) is 12.5 Å². The predicted molar refractivity (Wildman–Crippen MR) is 80.2 cm³/mol. The molecule has 0 aliphatic carbocycles. The highest BCUT2D eigenvalue weighted by atomic mass is 19.1. The predicted octanol–water partition coefficient (Wildman–Crippen LogP) is 2.31. The summed E-state index contributed by atoms with van der Waals surface area (Å²) < 4.78 is 18.5. The van der Waals surface area contributed by atoms with Crippen molar-refractivity contribution in [3.63, 3.8) is 0 Å². The number of hydrogen-bond donors (Lipinski definition) is 1. The van der Waals surface area contributed by atoms with Crippen LogP contribution in [0.5, 0.6) is 0 Å². The number of pyridine rings is 1. The van der Waals surface area contributed by atoms with Crippen LogP contribution in [0.3, 0.4) is 0 Å². The summed E-state index contributed by atoms with van der Waals surface area (Å²) in [5.41, 5.74) is 2.21. The number of rotatable bonds is 4. The molecule has 0 amide bonds. The largest absolute Gasteiger partial charge is 0.369 e. The molecule has 1 fully saturated rings. The van der Waals surface area contributed by atoms with Crippen molar-refractivity contribution >= 4 is 5.78 Å². The first-order valence-electron chi connectivity index (χ1n) is 7.28. The smallest absolute Gasteiger partial charge is 0.167 e. The van der Waals surface area contributed by atoms with Crippen LogP contribution in [-0.2, 0) is 11.2 Å². The second-order valence-electron chi connectivity index (χ2n) is 5.26. The monoisotopic (exact) mass is 300 g/mol. The molecule has 1 saturated heterocycles. The van der Waals surface area contributed by atoms with Crippen molar-refractivity contribution in [2.75, 3.05) is 19.7 Å². The van der Waals surface area contributed by atoms with Gasteiger partial charge < -0.3 is 10.1 Å². The molecule has 0 spiro atoms. The van der Waals surface area contributed by atoms with E-state index >= 15 is 0 Å². The van der Waals surface area contributed by atoms with Gasteiger partial charge in [-0.2, -0.15) is 0 Å². The number of carbonyl (C=O) groups excluding carboxylic acids is 1. The zero-order chi connectivity index (χ0) is 15.4. The van der Waals surface area contributed by atoms with Crippen LogP contribution in [0.25, 0.3) is 0 Å². The Bertz CT molecular complexity index is 635. The highest BCUT2D eigenvalue weighted by Gasteiger charge is 2.17. The Labute approximate surface area is 128 Å². The topological polar surface area (TPSA) is 51.2 Å². The first-order chi connectivity index (χ1) is 10.7. The molecule has 114 valence electrons. The van der Waals surface area contributed by atoms with Crippen molar-refractivity contribution in [1.29, 1.82) is 0 Å². The van der Waals surface area contributed by atoms with Gasteiger partial charge in [-0.25, -0.2) is 4.39 Å². The minimum Gasteiger partial charge on any atom is -0.369 e. The van der Waals surface area contributed by atoms with Gasteiger partial charge in [-0.15, -0.1) is 0 Å². The van der Waals surface area contributed by atoms with Gasteiger partial charge in [0.05, 0.1) is 12.3 Å². The molecule has 22 heavy (non-hydrogen) atoms. The summed E-state index contributed by atoms with van der Waals surface area (Å²) in [6.45, 7) is 2.29. The fraction of sp³-hybridized carbons (Fsp3) is 0.294. The van der Waals surface area contributed by atoms with Crippen molar-refractivity contribution in [3.05, 3.63) is 65.2 Å². The lowest BCUT2D eigenvalue weighted by molar-refractivity contribution is 0.0250. The minimum absolute atomic E-state index is 0.0319. The molecule has 4 nitrogen and oxygen atoms in total. The summed E-state index contributed by atoms with van der Waals surface area (Å²) in [6.07, 6.45) is 1.92. The first-order valence-corrected chi connectivity index (χ1v) is 7.28. The summed E-state index contributed by atoms with van der Waals surface area (Å²) in [4.78, 5) is 16.5. The Balaban J connectivity index is 1.65. The van der Waals surface area contributed by atoms with Crippen LogP contribution in [0.4, 0.5) is 4.39 Å². The van der Waals surface area contributed by atoms with Crippen LogP contribution in [-0.4, -0.2) is 30.5 Å². The minimum atomic E-state index is -0.344. The third kappa shape index (κ3) is 3.55. The molecular formula is C17H17FN2O2. The Morgan fingerprint density at radius 2 is 2.09 bits per heavy atom. The number of hydrogen-bond acceptors (Lipinski definition) is 4. The quantitative estimate of drug-likeness (QED) is 0.880. The Morgan fingerprint density at radius 3 is 2.73 bits per heavy atom. The van der Waals surface area contributed by atoms with E-state index in [4.69, 9.17) is 4.74 Å². The van der Waals surface area contributed by atoms with E-state index in [1.165, 1.54) is 24.3 Å². The van der Waals surface area contributed by atoms with E-state index in [1.807, 2.05) is 12.1 Å². The van der Waals surface area contributed by atoms with E-state index in [0.29, 0.717) is 12.2 Å². The number of Topliss-reactive ketones (excluding diaryl/α,β-unsaturated/α-hetero) is 1. The molecule has 2 aromatic rings. The van der Waals surface area contributed by atoms with Gasteiger partial charge in [0, 0.05) is 31.3 Å². The third-order valence-corrected chi connectivity index (χ3v) is 3.64. The lowest BCUT2D eigenvalue weighted by Crippen LogP contribution is -2.33. The highest BCUT2D eigenvalue weighted by molar-refractivity contribution is 5.97. The molecule has 0 radical (unpaired) electrons. The Morgan fingerprint density at radius 1 is 1.27 bits per heavy atom. The maximum Gasteiger partial charge on any atom is 0.167 e. The van der Waals surface area contributed by atoms with Gasteiger partial charge in [0.25, 0.3) is 0 Å². The summed E-state index contributed by atoms with van der Waals surface area (Å²) >= 11 is 0. The number of carbonyl (C=O) groups is 1. The zero-order valence-corrected chi connectivity index (χ0v) is 12.1. The van der Waals surface area contributed by atoms with Crippen LogP contribution in [0, 0.1) is 5.82 Å². The van der Waals surface area contributed by atoms with E-state index in [9.17, 15) is 9.18 Å². The van der Waals surface area contributed by atoms with E-state index in [1.54, 1.807) is 6.20 Å². The second-order valence-corrected chi connectivity index (χ2v) is 5.26. The van der Waals surface area contributed by atoms with Crippen LogP contribution < -0.4 is 5.32 Å². The summed E-state index contributed by atoms with van der Waals surface area (Å²) in [6, 6.07) is 9.37. The Hall–Kier alpha value is -2.11. The van der Waals surface area contributed by atoms with E-state index in [2.05, 4.69) is 10.3 Å². The van der Waals surface area contributed by atoms with Crippen LogP contribution in [0.1, 0.15) is 27.7 Å². The molecule has 0 saturated carbocycles. The summed E-state index contributed by atoms with van der Waals surface area (Å²) in [5, 5.41) is 3.26. The van der Waals surface area contributed by atoms with Gasteiger partial charge in [-0.1, -0.05) is 6.07 Å². The van der Waals surface area contributed by atoms with Gasteiger partial charge in [-0.3, -0.25) is 9.78 Å². The maximum absolute atomic E-state index is 12.9. The molecule has 2 heterocycles. The standard InChI is InChI=1S/C17H17FN2O2/c18-14-4-2-13(3-5-14)16(21)9-12-1-6-15(20-10-12)17-11-19-7-8-22-17/h1-6,10,17,19H,7-9,11H2. The number of nitrogens with zero attached hydrogens (tertiary/aromatic N) is 1. The number of halogens is 1. The fourth-order valence-electron chi connectivity index (χ4n) is 2.41. The van der Waals surface area contributed by atoms with Crippen molar-refractivity contribution < 1.29 is 13.9 Å². The lowest BCUT2D eigenvalue weighted by Gasteiger charge is -2.23. The number of nitrogens with one attached hydrogen (secondary N) is 1. The highest BCUT2D eigenvalue weighted by Crippen LogP contribution is 2.17. The first kappa shape index (κ1) is 14.8. The van der Waals surface area contributed by atoms with Crippen LogP contribution >= 0.6 is 0 Å². The number of morpholine rings is 1. The van der Waals surface area contributed by atoms with Gasteiger partial charge in [0.1, 0.15) is 11.9 Å². The molecular weight excluding hydrogens is 283 g/mol. The molecule has 1 atom stereocenters. The molecule has 1 unspecified atom stereocenters. The maximum atomic E-state index is 12.9. The van der Waals surface area contributed by atoms with Gasteiger partial charge in [-0.05, 0) is 35.9 Å². The molecule has 1 aromatic heterocycles. The number of ketones is 1. The molecule has 1 aliphatic heterocycles. The van der Waals surface area contributed by atoms with E-state index < -0.39 is 0 Å². The normalized spacial score (nSPS) is 18.1. The molecule has 5 heteroatoms. The SMILES string of the molecule is O=C(Cc1ccc(C2CNCCO2)nc1)c1ccc(F)cc1.